The molecular formula is C15H25IN4OS. The average Bonchev–Trinajstić information content (AvgIpc) is 2.52. The molecule has 124 valence electrons. The zero-order chi connectivity index (χ0) is 15.5. The molecule has 0 unspecified atom stereocenters. The number of amides is 1. The molecule has 0 aliphatic rings. The predicted molar refractivity (Wildman–Crippen MR) is 106 cm³/mol. The minimum Gasteiger partial charge on any atom is -0.357 e. The lowest BCUT2D eigenvalue weighted by molar-refractivity contribution is 0.0963. The lowest BCUT2D eigenvalue weighted by Gasteiger charge is -2.10. The number of guanidine groups is 1. The molecule has 0 radical (unpaired) electrons. The van der Waals surface area contributed by atoms with Gasteiger partial charge in [-0.2, -0.15) is 11.8 Å². The molecule has 1 rings (SSSR count). The van der Waals surface area contributed by atoms with Gasteiger partial charge >= 0.3 is 0 Å². The van der Waals surface area contributed by atoms with E-state index in [-0.39, 0.29) is 29.9 Å². The summed E-state index contributed by atoms with van der Waals surface area (Å²) in [4.78, 5) is 16.1. The summed E-state index contributed by atoms with van der Waals surface area (Å²) in [5, 5.41) is 9.12. The molecule has 0 aromatic heterocycles. The van der Waals surface area contributed by atoms with Gasteiger partial charge in [-0.3, -0.25) is 4.79 Å². The third kappa shape index (κ3) is 7.88. The van der Waals surface area contributed by atoms with Crippen LogP contribution in [0.1, 0.15) is 22.8 Å². The summed E-state index contributed by atoms with van der Waals surface area (Å²) in [7, 11) is 1.63. The molecule has 1 aromatic carbocycles. The highest BCUT2D eigenvalue weighted by atomic mass is 127. The second kappa shape index (κ2) is 12.6. The second-order valence-electron chi connectivity index (χ2n) is 4.39. The van der Waals surface area contributed by atoms with Crippen molar-refractivity contribution in [1.29, 1.82) is 0 Å². The van der Waals surface area contributed by atoms with Gasteiger partial charge in [-0.15, -0.1) is 24.0 Å². The van der Waals surface area contributed by atoms with E-state index >= 15 is 0 Å². The van der Waals surface area contributed by atoms with Gasteiger partial charge in [0, 0.05) is 31.5 Å². The molecule has 0 saturated heterocycles. The van der Waals surface area contributed by atoms with E-state index in [1.807, 2.05) is 25.1 Å². The molecule has 0 heterocycles. The Kier molecular flexibility index (Phi) is 12.0. The number of carbonyl (C=O) groups excluding carboxylic acids is 1. The molecule has 22 heavy (non-hydrogen) atoms. The first-order valence-corrected chi connectivity index (χ1v) is 8.42. The maximum atomic E-state index is 11.6. The molecule has 0 aliphatic carbocycles. The predicted octanol–water partition coefficient (Wildman–Crippen LogP) is 2.08. The second-order valence-corrected chi connectivity index (χ2v) is 5.38. The first kappa shape index (κ1) is 21.0. The summed E-state index contributed by atoms with van der Waals surface area (Å²) < 4.78 is 0. The fraction of sp³-hybridized carbons (Fsp3) is 0.467. The van der Waals surface area contributed by atoms with E-state index in [0.29, 0.717) is 12.1 Å². The third-order valence-electron chi connectivity index (χ3n) is 2.78. The van der Waals surface area contributed by atoms with E-state index < -0.39 is 0 Å². The molecule has 0 atom stereocenters. The highest BCUT2D eigenvalue weighted by Crippen LogP contribution is 2.06. The van der Waals surface area contributed by atoms with Crippen LogP contribution in [0.5, 0.6) is 0 Å². The number of aliphatic imine (C=N–C) groups is 1. The molecule has 1 aromatic rings. The summed E-state index contributed by atoms with van der Waals surface area (Å²) in [5.74, 6) is 1.76. The van der Waals surface area contributed by atoms with Crippen molar-refractivity contribution in [2.45, 2.75) is 13.5 Å². The van der Waals surface area contributed by atoms with Crippen molar-refractivity contribution in [3.63, 3.8) is 0 Å². The first-order valence-electron chi connectivity index (χ1n) is 7.03. The number of benzene rings is 1. The Morgan fingerprint density at radius 2 is 2.09 bits per heavy atom. The van der Waals surface area contributed by atoms with Crippen molar-refractivity contribution in [2.75, 3.05) is 32.1 Å². The van der Waals surface area contributed by atoms with Crippen LogP contribution in [0, 0.1) is 0 Å². The third-order valence-corrected chi connectivity index (χ3v) is 3.39. The number of carbonyl (C=O) groups is 1. The monoisotopic (exact) mass is 436 g/mol. The van der Waals surface area contributed by atoms with Crippen LogP contribution in [0.25, 0.3) is 0 Å². The van der Waals surface area contributed by atoms with E-state index in [1.165, 1.54) is 0 Å². The minimum absolute atomic E-state index is 0. The lowest BCUT2D eigenvalue weighted by atomic mass is 10.1. The maximum absolute atomic E-state index is 11.6. The van der Waals surface area contributed by atoms with Crippen LogP contribution in [0.4, 0.5) is 0 Å². The van der Waals surface area contributed by atoms with Gasteiger partial charge in [0.05, 0.1) is 6.54 Å². The van der Waals surface area contributed by atoms with Crippen molar-refractivity contribution in [3.8, 4) is 0 Å². The van der Waals surface area contributed by atoms with Crippen molar-refractivity contribution in [3.05, 3.63) is 35.4 Å². The van der Waals surface area contributed by atoms with E-state index in [0.717, 1.165) is 30.4 Å². The van der Waals surface area contributed by atoms with Crippen molar-refractivity contribution in [2.24, 2.45) is 4.99 Å². The Morgan fingerprint density at radius 3 is 2.73 bits per heavy atom. The molecule has 5 nitrogen and oxygen atoms in total. The van der Waals surface area contributed by atoms with Gasteiger partial charge in [-0.1, -0.05) is 12.1 Å². The van der Waals surface area contributed by atoms with E-state index in [9.17, 15) is 4.79 Å². The standard InChI is InChI=1S/C15H24N4OS.HI/c1-4-17-15(18-8-9-21-3)19-11-12-6-5-7-13(10-12)14(20)16-2;/h5-7,10H,4,8-9,11H2,1-3H3,(H,16,20)(H2,17,18,19);1H. The molecule has 0 fully saturated rings. The van der Waals surface area contributed by atoms with Crippen LogP contribution < -0.4 is 16.0 Å². The van der Waals surface area contributed by atoms with E-state index in [1.54, 1.807) is 24.9 Å². The normalized spacial score (nSPS) is 10.6. The maximum Gasteiger partial charge on any atom is 0.251 e. The zero-order valence-corrected chi connectivity index (χ0v) is 16.5. The van der Waals surface area contributed by atoms with Gasteiger partial charge in [-0.05, 0) is 30.9 Å². The first-order chi connectivity index (χ1) is 10.2. The van der Waals surface area contributed by atoms with Gasteiger partial charge in [0.1, 0.15) is 0 Å². The lowest BCUT2D eigenvalue weighted by Crippen LogP contribution is -2.38. The van der Waals surface area contributed by atoms with Crippen molar-refractivity contribution < 1.29 is 4.79 Å². The summed E-state index contributed by atoms with van der Waals surface area (Å²) in [6.07, 6.45) is 2.08. The minimum atomic E-state index is -0.0779. The number of nitrogens with zero attached hydrogens (tertiary/aromatic N) is 1. The molecule has 0 saturated carbocycles. The summed E-state index contributed by atoms with van der Waals surface area (Å²) in [6, 6.07) is 7.52. The Morgan fingerprint density at radius 1 is 1.32 bits per heavy atom. The highest BCUT2D eigenvalue weighted by Gasteiger charge is 2.03. The smallest absolute Gasteiger partial charge is 0.251 e. The fourth-order valence-electron chi connectivity index (χ4n) is 1.74. The van der Waals surface area contributed by atoms with Gasteiger partial charge in [-0.25, -0.2) is 4.99 Å². The molecule has 0 spiro atoms. The SMILES string of the molecule is CCNC(=NCc1cccc(C(=O)NC)c1)NCCSC.I. The Balaban J connectivity index is 0.00000441. The van der Waals surface area contributed by atoms with Gasteiger partial charge in [0.2, 0.25) is 0 Å². The number of hydrogen-bond donors (Lipinski definition) is 3. The summed E-state index contributed by atoms with van der Waals surface area (Å²) in [5.41, 5.74) is 1.67. The quantitative estimate of drug-likeness (QED) is 0.265. The topological polar surface area (TPSA) is 65.5 Å². The number of nitrogens with one attached hydrogen (secondary N) is 3. The van der Waals surface area contributed by atoms with Gasteiger partial charge in [0.15, 0.2) is 5.96 Å². The number of rotatable bonds is 7. The number of halogens is 1. The van der Waals surface area contributed by atoms with Crippen LogP contribution in [-0.2, 0) is 6.54 Å². The van der Waals surface area contributed by atoms with Crippen LogP contribution in [0.2, 0.25) is 0 Å². The Labute approximate surface area is 154 Å². The fourth-order valence-corrected chi connectivity index (χ4v) is 2.05. The van der Waals surface area contributed by atoms with Gasteiger partial charge in [0.25, 0.3) is 5.91 Å². The van der Waals surface area contributed by atoms with Crippen LogP contribution in [0.3, 0.4) is 0 Å². The van der Waals surface area contributed by atoms with Crippen molar-refractivity contribution >= 4 is 47.6 Å². The summed E-state index contributed by atoms with van der Waals surface area (Å²) in [6.45, 7) is 4.28. The highest BCUT2D eigenvalue weighted by molar-refractivity contribution is 14.0. The van der Waals surface area contributed by atoms with Crippen LogP contribution in [-0.4, -0.2) is 44.0 Å². The van der Waals surface area contributed by atoms with Gasteiger partial charge < -0.3 is 16.0 Å². The zero-order valence-electron chi connectivity index (χ0n) is 13.3. The average molecular weight is 436 g/mol. The largest absolute Gasteiger partial charge is 0.357 e. The van der Waals surface area contributed by atoms with Crippen LogP contribution >= 0.6 is 35.7 Å². The Bertz CT molecular complexity index is 482. The molecule has 0 aliphatic heterocycles. The van der Waals surface area contributed by atoms with E-state index in [4.69, 9.17) is 0 Å². The number of thioether (sulfide) groups is 1. The Hall–Kier alpha value is -0.960. The molecule has 3 N–H and O–H groups in total. The molecule has 0 bridgehead atoms. The molecule has 7 heteroatoms. The number of hydrogen-bond acceptors (Lipinski definition) is 3. The van der Waals surface area contributed by atoms with Crippen molar-refractivity contribution in [1.82, 2.24) is 16.0 Å². The van der Waals surface area contributed by atoms with Crippen LogP contribution in [0.15, 0.2) is 29.3 Å². The molecular weight excluding hydrogens is 411 g/mol. The summed E-state index contributed by atoms with van der Waals surface area (Å²) >= 11 is 1.79. The van der Waals surface area contributed by atoms with E-state index in [2.05, 4.69) is 27.2 Å². The molecule has 1 amide bonds.